The molecule has 106 valence electrons. The molecule has 3 aromatic carbocycles. The molecule has 0 bridgehead atoms. The van der Waals surface area contributed by atoms with Gasteiger partial charge >= 0.3 is 0 Å². The molecule has 2 atom stereocenters. The van der Waals surface area contributed by atoms with Gasteiger partial charge in [0.25, 0.3) is 0 Å². The molecule has 0 unspecified atom stereocenters. The van der Waals surface area contributed by atoms with Gasteiger partial charge in [-0.15, -0.1) is 0 Å². The lowest BCUT2D eigenvalue weighted by atomic mass is 9.88. The van der Waals surface area contributed by atoms with Gasteiger partial charge in [-0.1, -0.05) is 72.8 Å². The Bertz CT molecular complexity index is 724. The summed E-state index contributed by atoms with van der Waals surface area (Å²) in [6, 6.07) is 24.2. The maximum Gasteiger partial charge on any atom is 0.0870 e. The van der Waals surface area contributed by atoms with E-state index in [0.717, 1.165) is 11.1 Å². The van der Waals surface area contributed by atoms with Crippen LogP contribution in [0.25, 0.3) is 10.8 Å². The van der Waals surface area contributed by atoms with Gasteiger partial charge in [-0.3, -0.25) is 0 Å². The Morgan fingerprint density at radius 2 is 1.43 bits per heavy atom. The summed E-state index contributed by atoms with van der Waals surface area (Å²) in [7, 11) is 0. The summed E-state index contributed by atoms with van der Waals surface area (Å²) in [5.74, 6) is -0.1000. The minimum atomic E-state index is -0.586. The van der Waals surface area contributed by atoms with Crippen molar-refractivity contribution in [2.24, 2.45) is 5.73 Å². The maximum absolute atomic E-state index is 10.6. The van der Waals surface area contributed by atoms with Crippen LogP contribution >= 0.6 is 0 Å². The zero-order valence-corrected chi connectivity index (χ0v) is 11.8. The summed E-state index contributed by atoms with van der Waals surface area (Å²) < 4.78 is 0. The summed E-state index contributed by atoms with van der Waals surface area (Å²) in [4.78, 5) is 0. The molecule has 3 rings (SSSR count). The van der Waals surface area contributed by atoms with Crippen molar-refractivity contribution in [1.82, 2.24) is 0 Å². The van der Waals surface area contributed by atoms with E-state index in [0.29, 0.717) is 6.54 Å². The molecule has 2 nitrogen and oxygen atoms in total. The van der Waals surface area contributed by atoms with E-state index in [1.54, 1.807) is 0 Å². The topological polar surface area (TPSA) is 46.2 Å². The Kier molecular flexibility index (Phi) is 4.00. The Hall–Kier alpha value is -2.16. The molecule has 0 aromatic heterocycles. The van der Waals surface area contributed by atoms with E-state index in [1.807, 2.05) is 42.5 Å². The van der Waals surface area contributed by atoms with E-state index >= 15 is 0 Å². The first kappa shape index (κ1) is 13.8. The van der Waals surface area contributed by atoms with Crippen LogP contribution in [0.3, 0.4) is 0 Å². The molecule has 21 heavy (non-hydrogen) atoms. The number of aliphatic hydroxyl groups excluding tert-OH is 1. The Labute approximate surface area is 124 Å². The van der Waals surface area contributed by atoms with Crippen LogP contribution in [0.15, 0.2) is 72.8 Å². The van der Waals surface area contributed by atoms with E-state index < -0.39 is 6.10 Å². The highest BCUT2D eigenvalue weighted by atomic mass is 16.3. The first-order valence-electron chi connectivity index (χ1n) is 7.21. The summed E-state index contributed by atoms with van der Waals surface area (Å²) >= 11 is 0. The largest absolute Gasteiger partial charge is 0.388 e. The summed E-state index contributed by atoms with van der Waals surface area (Å²) in [6.45, 7) is 0.411. The molecule has 0 radical (unpaired) electrons. The van der Waals surface area contributed by atoms with Crippen molar-refractivity contribution in [3.63, 3.8) is 0 Å². The fourth-order valence-corrected chi connectivity index (χ4v) is 2.77. The minimum Gasteiger partial charge on any atom is -0.388 e. The van der Waals surface area contributed by atoms with Gasteiger partial charge in [0.1, 0.15) is 0 Å². The fourth-order valence-electron chi connectivity index (χ4n) is 2.77. The lowest BCUT2D eigenvalue weighted by molar-refractivity contribution is 0.147. The van der Waals surface area contributed by atoms with Gasteiger partial charge in [0.05, 0.1) is 6.10 Å². The highest BCUT2D eigenvalue weighted by Crippen LogP contribution is 2.31. The van der Waals surface area contributed by atoms with Gasteiger partial charge in [-0.2, -0.15) is 0 Å². The standard InChI is InChI=1S/C19H19NO/c20-13-18(19(21)15-7-2-1-3-8-15)17-11-10-14-6-4-5-9-16(14)12-17/h1-12,18-19,21H,13,20H2/t18-,19+/m0/s1. The van der Waals surface area contributed by atoms with Gasteiger partial charge in [-0.25, -0.2) is 0 Å². The number of hydrogen-bond donors (Lipinski definition) is 2. The predicted molar refractivity (Wildman–Crippen MR) is 87.1 cm³/mol. The van der Waals surface area contributed by atoms with Crippen LogP contribution in [-0.2, 0) is 0 Å². The summed E-state index contributed by atoms with van der Waals surface area (Å²) in [5, 5.41) is 13.0. The molecule has 0 saturated heterocycles. The highest BCUT2D eigenvalue weighted by Gasteiger charge is 2.21. The van der Waals surface area contributed by atoms with Gasteiger partial charge < -0.3 is 10.8 Å². The van der Waals surface area contributed by atoms with E-state index in [-0.39, 0.29) is 5.92 Å². The number of nitrogens with two attached hydrogens (primary N) is 1. The van der Waals surface area contributed by atoms with Crippen LogP contribution in [0.5, 0.6) is 0 Å². The molecule has 3 aromatic rings. The van der Waals surface area contributed by atoms with Crippen LogP contribution in [0.4, 0.5) is 0 Å². The van der Waals surface area contributed by atoms with Crippen molar-refractivity contribution >= 4 is 10.8 Å². The number of fused-ring (bicyclic) bond motifs is 1. The number of hydrogen-bond acceptors (Lipinski definition) is 2. The van der Waals surface area contributed by atoms with Crippen LogP contribution < -0.4 is 5.73 Å². The first-order valence-corrected chi connectivity index (χ1v) is 7.21. The van der Waals surface area contributed by atoms with Gasteiger partial charge in [-0.05, 0) is 21.9 Å². The predicted octanol–water partition coefficient (Wildman–Crippen LogP) is 3.62. The second kappa shape index (κ2) is 6.08. The van der Waals surface area contributed by atoms with Crippen LogP contribution in [0.1, 0.15) is 23.1 Å². The maximum atomic E-state index is 10.6. The van der Waals surface area contributed by atoms with Gasteiger partial charge in [0.15, 0.2) is 0 Å². The third kappa shape index (κ3) is 2.82. The van der Waals surface area contributed by atoms with Crippen molar-refractivity contribution in [3.05, 3.63) is 83.9 Å². The van der Waals surface area contributed by atoms with Crippen molar-refractivity contribution in [1.29, 1.82) is 0 Å². The minimum absolute atomic E-state index is 0.1000. The molecule has 0 spiro atoms. The molecule has 0 fully saturated rings. The van der Waals surface area contributed by atoms with E-state index in [2.05, 4.69) is 30.3 Å². The van der Waals surface area contributed by atoms with Crippen LogP contribution in [0.2, 0.25) is 0 Å². The van der Waals surface area contributed by atoms with Gasteiger partial charge in [0.2, 0.25) is 0 Å². The van der Waals surface area contributed by atoms with Crippen LogP contribution in [-0.4, -0.2) is 11.7 Å². The number of aliphatic hydroxyl groups is 1. The number of rotatable bonds is 4. The molecular weight excluding hydrogens is 258 g/mol. The SMILES string of the molecule is NC[C@@H](c1ccc2ccccc2c1)[C@H](O)c1ccccc1. The summed E-state index contributed by atoms with van der Waals surface area (Å²) in [5.41, 5.74) is 7.91. The van der Waals surface area contributed by atoms with Crippen molar-refractivity contribution in [3.8, 4) is 0 Å². The second-order valence-corrected chi connectivity index (χ2v) is 5.30. The van der Waals surface area contributed by atoms with E-state index in [4.69, 9.17) is 5.73 Å². The Morgan fingerprint density at radius 3 is 2.14 bits per heavy atom. The lowest BCUT2D eigenvalue weighted by Gasteiger charge is -2.22. The Morgan fingerprint density at radius 1 is 0.762 bits per heavy atom. The average molecular weight is 277 g/mol. The number of benzene rings is 3. The zero-order chi connectivity index (χ0) is 14.7. The van der Waals surface area contributed by atoms with Crippen molar-refractivity contribution in [2.45, 2.75) is 12.0 Å². The molecular formula is C19H19NO. The Balaban J connectivity index is 1.98. The normalized spacial score (nSPS) is 14.0. The molecule has 3 N–H and O–H groups in total. The third-order valence-electron chi connectivity index (χ3n) is 3.98. The third-order valence-corrected chi connectivity index (χ3v) is 3.98. The molecule has 2 heteroatoms. The van der Waals surface area contributed by atoms with Crippen molar-refractivity contribution < 1.29 is 5.11 Å². The molecule has 0 amide bonds. The first-order chi connectivity index (χ1) is 10.3. The molecule has 0 aliphatic rings. The monoisotopic (exact) mass is 277 g/mol. The quantitative estimate of drug-likeness (QED) is 0.765. The van der Waals surface area contributed by atoms with Crippen molar-refractivity contribution in [2.75, 3.05) is 6.54 Å². The lowest BCUT2D eigenvalue weighted by Crippen LogP contribution is -2.20. The van der Waals surface area contributed by atoms with Gasteiger partial charge in [0, 0.05) is 12.5 Å². The smallest absolute Gasteiger partial charge is 0.0870 e. The molecule has 0 aliphatic carbocycles. The van der Waals surface area contributed by atoms with E-state index in [1.165, 1.54) is 10.8 Å². The average Bonchev–Trinajstić information content (AvgIpc) is 2.56. The summed E-state index contributed by atoms with van der Waals surface area (Å²) in [6.07, 6.45) is -0.586. The van der Waals surface area contributed by atoms with Crippen LogP contribution in [0, 0.1) is 0 Å². The zero-order valence-electron chi connectivity index (χ0n) is 11.8. The second-order valence-electron chi connectivity index (χ2n) is 5.30. The molecule has 0 heterocycles. The van der Waals surface area contributed by atoms with E-state index in [9.17, 15) is 5.11 Å². The molecule has 0 saturated carbocycles. The highest BCUT2D eigenvalue weighted by molar-refractivity contribution is 5.83. The molecule has 0 aliphatic heterocycles. The fraction of sp³-hybridized carbons (Fsp3) is 0.158.